The lowest BCUT2D eigenvalue weighted by Crippen LogP contribution is -2.43. The van der Waals surface area contributed by atoms with Gasteiger partial charge in [-0.3, -0.25) is 14.6 Å². The number of aromatic nitrogens is 2. The van der Waals surface area contributed by atoms with Crippen LogP contribution in [-0.2, 0) is 6.54 Å². The third-order valence-corrected chi connectivity index (χ3v) is 4.33. The van der Waals surface area contributed by atoms with Crippen LogP contribution < -0.4 is 10.6 Å². The second-order valence-electron chi connectivity index (χ2n) is 5.92. The minimum absolute atomic E-state index is 0.243. The Morgan fingerprint density at radius 1 is 1.33 bits per heavy atom. The van der Waals surface area contributed by atoms with Gasteiger partial charge in [-0.15, -0.1) is 0 Å². The van der Waals surface area contributed by atoms with Crippen LogP contribution in [-0.4, -0.2) is 53.9 Å². The monoisotopic (exact) mass is 330 g/mol. The summed E-state index contributed by atoms with van der Waals surface area (Å²) in [4.78, 5) is 6.78. The molecule has 7 heteroatoms. The molecule has 130 valence electrons. The number of nitrogens with one attached hydrogen (secondary N) is 2. The van der Waals surface area contributed by atoms with Crippen molar-refractivity contribution in [2.24, 2.45) is 4.99 Å². The number of furan rings is 1. The number of hydrogen-bond acceptors (Lipinski definition) is 4. The number of aliphatic imine (C=N–C) groups is 1. The topological polar surface area (TPSA) is 70.6 Å². The first kappa shape index (κ1) is 16.6. The molecule has 2 N–H and O–H groups in total. The summed E-state index contributed by atoms with van der Waals surface area (Å²) in [6, 6.07) is 6.18. The third kappa shape index (κ3) is 4.38. The summed E-state index contributed by atoms with van der Waals surface area (Å²) in [5.41, 5.74) is 0. The highest BCUT2D eigenvalue weighted by Gasteiger charge is 2.25. The highest BCUT2D eigenvalue weighted by atomic mass is 16.3. The fraction of sp³-hybridized carbons (Fsp3) is 0.529. The molecule has 1 saturated heterocycles. The van der Waals surface area contributed by atoms with Crippen LogP contribution in [0.5, 0.6) is 0 Å². The normalized spacial score (nSPS) is 17.1. The molecule has 1 aliphatic rings. The second-order valence-corrected chi connectivity index (χ2v) is 5.92. The van der Waals surface area contributed by atoms with E-state index < -0.39 is 0 Å². The highest BCUT2D eigenvalue weighted by molar-refractivity contribution is 5.79. The van der Waals surface area contributed by atoms with E-state index in [2.05, 4.69) is 31.7 Å². The summed E-state index contributed by atoms with van der Waals surface area (Å²) < 4.78 is 7.55. The van der Waals surface area contributed by atoms with Crippen molar-refractivity contribution < 1.29 is 4.42 Å². The average molecular weight is 330 g/mol. The molecule has 3 rings (SSSR count). The van der Waals surface area contributed by atoms with Crippen molar-refractivity contribution in [3.63, 3.8) is 0 Å². The van der Waals surface area contributed by atoms with Crippen LogP contribution in [0.1, 0.15) is 24.6 Å². The maximum absolute atomic E-state index is 5.65. The Morgan fingerprint density at radius 2 is 2.21 bits per heavy atom. The van der Waals surface area contributed by atoms with Gasteiger partial charge in [0.05, 0.1) is 18.8 Å². The standard InChI is InChI=1S/C17H26N6O/c1-18-17(19-8-12-23-11-5-7-21-23)20-14-15(16-6-4-13-24-16)22-9-2-3-10-22/h4-7,11,13,15H,2-3,8-10,12,14H2,1H3,(H2,18,19,20). The van der Waals surface area contributed by atoms with Crippen molar-refractivity contribution in [1.29, 1.82) is 0 Å². The van der Waals surface area contributed by atoms with Gasteiger partial charge in [-0.25, -0.2) is 0 Å². The highest BCUT2D eigenvalue weighted by Crippen LogP contribution is 2.24. The van der Waals surface area contributed by atoms with Gasteiger partial charge >= 0.3 is 0 Å². The molecule has 0 amide bonds. The Hall–Kier alpha value is -2.28. The van der Waals surface area contributed by atoms with E-state index >= 15 is 0 Å². The molecule has 24 heavy (non-hydrogen) atoms. The molecule has 0 radical (unpaired) electrons. The van der Waals surface area contributed by atoms with Gasteiger partial charge in [0.2, 0.25) is 0 Å². The Bertz CT molecular complexity index is 601. The number of rotatable bonds is 7. The molecule has 2 aromatic heterocycles. The molecule has 2 aromatic rings. The van der Waals surface area contributed by atoms with Crippen molar-refractivity contribution >= 4 is 5.96 Å². The summed E-state index contributed by atoms with van der Waals surface area (Å²) in [7, 11) is 1.79. The van der Waals surface area contributed by atoms with E-state index in [9.17, 15) is 0 Å². The van der Waals surface area contributed by atoms with E-state index in [0.29, 0.717) is 0 Å². The summed E-state index contributed by atoms with van der Waals surface area (Å²) in [6.45, 7) is 4.60. The lowest BCUT2D eigenvalue weighted by molar-refractivity contribution is 0.215. The van der Waals surface area contributed by atoms with Gasteiger partial charge in [0.1, 0.15) is 5.76 Å². The van der Waals surface area contributed by atoms with E-state index in [1.165, 1.54) is 12.8 Å². The van der Waals surface area contributed by atoms with Gasteiger partial charge in [-0.05, 0) is 44.1 Å². The summed E-state index contributed by atoms with van der Waals surface area (Å²) in [5, 5.41) is 10.9. The largest absolute Gasteiger partial charge is 0.468 e. The van der Waals surface area contributed by atoms with E-state index in [-0.39, 0.29) is 6.04 Å². The molecule has 0 spiro atoms. The van der Waals surface area contributed by atoms with Gasteiger partial charge in [0, 0.05) is 32.5 Å². The van der Waals surface area contributed by atoms with Crippen molar-refractivity contribution in [3.05, 3.63) is 42.6 Å². The minimum atomic E-state index is 0.243. The lowest BCUT2D eigenvalue weighted by atomic mass is 10.2. The van der Waals surface area contributed by atoms with Gasteiger partial charge < -0.3 is 15.1 Å². The minimum Gasteiger partial charge on any atom is -0.468 e. The first-order valence-electron chi connectivity index (χ1n) is 8.56. The van der Waals surface area contributed by atoms with Crippen molar-refractivity contribution in [3.8, 4) is 0 Å². The molecule has 3 heterocycles. The van der Waals surface area contributed by atoms with E-state index in [0.717, 1.165) is 44.4 Å². The Balaban J connectivity index is 1.50. The van der Waals surface area contributed by atoms with Crippen molar-refractivity contribution in [2.75, 3.05) is 33.2 Å². The van der Waals surface area contributed by atoms with E-state index in [1.807, 2.05) is 23.0 Å². The van der Waals surface area contributed by atoms with E-state index in [4.69, 9.17) is 4.42 Å². The second kappa shape index (κ2) is 8.54. The van der Waals surface area contributed by atoms with Crippen LogP contribution in [0.4, 0.5) is 0 Å². The van der Waals surface area contributed by atoms with Crippen LogP contribution in [0.25, 0.3) is 0 Å². The third-order valence-electron chi connectivity index (χ3n) is 4.33. The van der Waals surface area contributed by atoms with Gasteiger partial charge in [0.25, 0.3) is 0 Å². The fourth-order valence-corrected chi connectivity index (χ4v) is 3.08. The van der Waals surface area contributed by atoms with Crippen LogP contribution in [0.15, 0.2) is 46.3 Å². The van der Waals surface area contributed by atoms with Crippen LogP contribution >= 0.6 is 0 Å². The van der Waals surface area contributed by atoms with Gasteiger partial charge in [-0.1, -0.05) is 0 Å². The van der Waals surface area contributed by atoms with Gasteiger partial charge in [0.15, 0.2) is 5.96 Å². The molecule has 1 aliphatic heterocycles. The number of likely N-dealkylation sites (tertiary alicyclic amines) is 1. The Labute approximate surface area is 142 Å². The number of hydrogen-bond donors (Lipinski definition) is 2. The van der Waals surface area contributed by atoms with Crippen molar-refractivity contribution in [2.45, 2.75) is 25.4 Å². The smallest absolute Gasteiger partial charge is 0.191 e. The average Bonchev–Trinajstić information content (AvgIpc) is 3.35. The van der Waals surface area contributed by atoms with Crippen LogP contribution in [0.2, 0.25) is 0 Å². The first-order chi connectivity index (χ1) is 11.9. The maximum Gasteiger partial charge on any atom is 0.191 e. The van der Waals surface area contributed by atoms with Crippen LogP contribution in [0, 0.1) is 0 Å². The Morgan fingerprint density at radius 3 is 2.88 bits per heavy atom. The summed E-state index contributed by atoms with van der Waals surface area (Å²) in [6.07, 6.45) is 8.01. The lowest BCUT2D eigenvalue weighted by Gasteiger charge is -2.26. The SMILES string of the molecule is CN=C(NCCn1cccn1)NCC(c1ccco1)N1CCCC1. The molecule has 1 fully saturated rings. The molecule has 7 nitrogen and oxygen atoms in total. The Kier molecular flexibility index (Phi) is 5.90. The zero-order chi connectivity index (χ0) is 16.6. The molecule has 0 aliphatic carbocycles. The zero-order valence-electron chi connectivity index (χ0n) is 14.2. The predicted molar refractivity (Wildman–Crippen MR) is 93.8 cm³/mol. The van der Waals surface area contributed by atoms with E-state index in [1.54, 1.807) is 19.5 Å². The maximum atomic E-state index is 5.65. The summed E-state index contributed by atoms with van der Waals surface area (Å²) >= 11 is 0. The fourth-order valence-electron chi connectivity index (χ4n) is 3.08. The van der Waals surface area contributed by atoms with Crippen molar-refractivity contribution in [1.82, 2.24) is 25.3 Å². The molecule has 0 saturated carbocycles. The van der Waals surface area contributed by atoms with Gasteiger partial charge in [-0.2, -0.15) is 5.10 Å². The molecule has 0 bridgehead atoms. The summed E-state index contributed by atoms with van der Waals surface area (Å²) in [5.74, 6) is 1.81. The predicted octanol–water partition coefficient (Wildman–Crippen LogP) is 1.48. The van der Waals surface area contributed by atoms with Crippen LogP contribution in [0.3, 0.4) is 0 Å². The first-order valence-corrected chi connectivity index (χ1v) is 8.56. The number of nitrogens with zero attached hydrogens (tertiary/aromatic N) is 4. The molecular formula is C17H26N6O. The molecule has 1 atom stereocenters. The molecule has 1 unspecified atom stereocenters. The molecular weight excluding hydrogens is 304 g/mol. The molecule has 0 aromatic carbocycles. The number of guanidine groups is 1. The quantitative estimate of drug-likeness (QED) is 0.594. The zero-order valence-corrected chi connectivity index (χ0v) is 14.2.